The van der Waals surface area contributed by atoms with Crippen LogP contribution in [0.5, 0.6) is 11.5 Å². The Bertz CT molecular complexity index is 677. The van der Waals surface area contributed by atoms with Gasteiger partial charge in [0.15, 0.2) is 0 Å². The average Bonchev–Trinajstić information content (AvgIpc) is 2.38. The van der Waals surface area contributed by atoms with Gasteiger partial charge in [0.25, 0.3) is 0 Å². The van der Waals surface area contributed by atoms with E-state index in [1.807, 2.05) is 6.07 Å². The molecule has 0 heterocycles. The van der Waals surface area contributed by atoms with Gasteiger partial charge in [0.05, 0.1) is 10.6 Å². The molecule has 0 saturated carbocycles. The molecule has 0 aliphatic heterocycles. The van der Waals surface area contributed by atoms with Crippen LogP contribution in [0.15, 0.2) is 42.5 Å². The highest BCUT2D eigenvalue weighted by Crippen LogP contribution is 2.34. The highest BCUT2D eigenvalue weighted by atomic mass is 35.5. The van der Waals surface area contributed by atoms with Crippen LogP contribution in [0.4, 0.5) is 13.2 Å². The van der Waals surface area contributed by atoms with Gasteiger partial charge in [-0.3, -0.25) is 0 Å². The fourth-order valence-electron chi connectivity index (χ4n) is 1.56. The van der Waals surface area contributed by atoms with Crippen LogP contribution in [0.3, 0.4) is 0 Å². The van der Waals surface area contributed by atoms with Crippen molar-refractivity contribution in [3.8, 4) is 17.6 Å². The van der Waals surface area contributed by atoms with Crippen molar-refractivity contribution in [2.24, 2.45) is 0 Å². The molecule has 0 spiro atoms. The highest BCUT2D eigenvalue weighted by Gasteiger charge is 2.30. The summed E-state index contributed by atoms with van der Waals surface area (Å²) in [5.74, 6) is 0.0953. The Morgan fingerprint density at radius 2 is 1.80 bits per heavy atom. The Balaban J connectivity index is 2.37. The second kappa shape index (κ2) is 5.43. The molecule has 0 N–H and O–H groups in total. The van der Waals surface area contributed by atoms with Crippen LogP contribution in [0, 0.1) is 11.3 Å². The van der Waals surface area contributed by atoms with Crippen LogP contribution in [0.1, 0.15) is 11.1 Å². The Hall–Kier alpha value is -2.19. The summed E-state index contributed by atoms with van der Waals surface area (Å²) in [6.45, 7) is 0. The number of rotatable bonds is 2. The monoisotopic (exact) mass is 297 g/mol. The molecule has 0 aromatic heterocycles. The summed E-state index contributed by atoms with van der Waals surface area (Å²) in [7, 11) is 0. The molecule has 2 aromatic carbocycles. The van der Waals surface area contributed by atoms with Gasteiger partial charge in [-0.1, -0.05) is 23.7 Å². The lowest BCUT2D eigenvalue weighted by Gasteiger charge is -2.11. The van der Waals surface area contributed by atoms with E-state index in [1.54, 1.807) is 6.07 Å². The molecule has 2 aromatic rings. The summed E-state index contributed by atoms with van der Waals surface area (Å²) >= 11 is 5.82. The van der Waals surface area contributed by atoms with Crippen LogP contribution in [0.2, 0.25) is 5.02 Å². The zero-order valence-electron chi connectivity index (χ0n) is 9.91. The lowest BCUT2D eigenvalue weighted by Crippen LogP contribution is -2.04. The second-order valence-electron chi connectivity index (χ2n) is 3.85. The van der Waals surface area contributed by atoms with Crippen LogP contribution in [0.25, 0.3) is 0 Å². The van der Waals surface area contributed by atoms with Crippen LogP contribution >= 0.6 is 11.6 Å². The van der Waals surface area contributed by atoms with E-state index >= 15 is 0 Å². The molecule has 20 heavy (non-hydrogen) atoms. The van der Waals surface area contributed by atoms with Crippen molar-refractivity contribution in [2.75, 3.05) is 0 Å². The minimum absolute atomic E-state index is 0.0152. The van der Waals surface area contributed by atoms with Crippen molar-refractivity contribution in [3.05, 3.63) is 58.6 Å². The van der Waals surface area contributed by atoms with Gasteiger partial charge < -0.3 is 4.74 Å². The van der Waals surface area contributed by atoms with Crippen molar-refractivity contribution >= 4 is 11.6 Å². The van der Waals surface area contributed by atoms with E-state index in [4.69, 9.17) is 21.6 Å². The standard InChI is InChI=1S/C14H7ClF3NO/c15-12-5-2-6-13(11(12)8-19)20-10-4-1-3-9(7-10)14(16,17)18/h1-7H. The minimum Gasteiger partial charge on any atom is -0.456 e. The Morgan fingerprint density at radius 1 is 1.10 bits per heavy atom. The molecule has 0 radical (unpaired) electrons. The summed E-state index contributed by atoms with van der Waals surface area (Å²) in [6, 6.07) is 10.8. The number of alkyl halides is 3. The second-order valence-corrected chi connectivity index (χ2v) is 4.26. The summed E-state index contributed by atoms with van der Waals surface area (Å²) in [5, 5.41) is 9.14. The molecule has 2 nitrogen and oxygen atoms in total. The summed E-state index contributed by atoms with van der Waals surface area (Å²) in [4.78, 5) is 0. The van der Waals surface area contributed by atoms with Gasteiger partial charge in [-0.05, 0) is 30.3 Å². The van der Waals surface area contributed by atoms with Crippen molar-refractivity contribution in [1.29, 1.82) is 5.26 Å². The zero-order valence-corrected chi connectivity index (χ0v) is 10.7. The third-order valence-electron chi connectivity index (χ3n) is 2.48. The maximum Gasteiger partial charge on any atom is 0.416 e. The molecule has 0 bridgehead atoms. The molecule has 0 fully saturated rings. The van der Waals surface area contributed by atoms with Crippen molar-refractivity contribution in [2.45, 2.75) is 6.18 Å². The number of nitrogens with zero attached hydrogens (tertiary/aromatic N) is 1. The molecule has 102 valence electrons. The molecule has 0 unspecified atom stereocenters. The van der Waals surface area contributed by atoms with E-state index in [1.165, 1.54) is 24.3 Å². The van der Waals surface area contributed by atoms with Crippen LogP contribution in [-0.2, 0) is 6.18 Å². The Kier molecular flexibility index (Phi) is 3.86. The van der Waals surface area contributed by atoms with Gasteiger partial charge in [-0.15, -0.1) is 0 Å². The first-order valence-electron chi connectivity index (χ1n) is 5.45. The first-order valence-corrected chi connectivity index (χ1v) is 5.83. The van der Waals surface area contributed by atoms with Gasteiger partial charge in [0.1, 0.15) is 23.1 Å². The third-order valence-corrected chi connectivity index (χ3v) is 2.79. The van der Waals surface area contributed by atoms with Crippen molar-refractivity contribution < 1.29 is 17.9 Å². The van der Waals surface area contributed by atoms with Crippen molar-refractivity contribution in [1.82, 2.24) is 0 Å². The molecular formula is C14H7ClF3NO. The molecule has 0 aliphatic carbocycles. The molecule has 2 rings (SSSR count). The first kappa shape index (κ1) is 14.2. The predicted octanol–water partition coefficient (Wildman–Crippen LogP) is 5.02. The fourth-order valence-corrected chi connectivity index (χ4v) is 1.77. The average molecular weight is 298 g/mol. The highest BCUT2D eigenvalue weighted by molar-refractivity contribution is 6.31. The van der Waals surface area contributed by atoms with Crippen LogP contribution < -0.4 is 4.74 Å². The van der Waals surface area contributed by atoms with Gasteiger partial charge in [0.2, 0.25) is 0 Å². The predicted molar refractivity (Wildman–Crippen MR) is 67.7 cm³/mol. The number of nitriles is 1. The van der Waals surface area contributed by atoms with E-state index in [0.717, 1.165) is 12.1 Å². The summed E-state index contributed by atoms with van der Waals surface area (Å²) in [5.41, 5.74) is -0.748. The van der Waals surface area contributed by atoms with E-state index in [0.29, 0.717) is 0 Å². The quantitative estimate of drug-likeness (QED) is 0.779. The number of halogens is 4. The molecule has 0 saturated heterocycles. The Labute approximate surface area is 118 Å². The number of benzene rings is 2. The van der Waals surface area contributed by atoms with Gasteiger partial charge in [0, 0.05) is 0 Å². The topological polar surface area (TPSA) is 33.0 Å². The number of ether oxygens (including phenoxy) is 1. The van der Waals surface area contributed by atoms with Gasteiger partial charge in [-0.2, -0.15) is 18.4 Å². The SMILES string of the molecule is N#Cc1c(Cl)cccc1Oc1cccc(C(F)(F)F)c1. The first-order chi connectivity index (χ1) is 9.41. The summed E-state index contributed by atoms with van der Waals surface area (Å²) < 4.78 is 43.1. The lowest BCUT2D eigenvalue weighted by molar-refractivity contribution is -0.137. The van der Waals surface area contributed by atoms with Crippen molar-refractivity contribution in [3.63, 3.8) is 0 Å². The molecule has 6 heteroatoms. The van der Waals surface area contributed by atoms with Gasteiger partial charge in [-0.25, -0.2) is 0 Å². The largest absolute Gasteiger partial charge is 0.456 e. The van der Waals surface area contributed by atoms with E-state index in [9.17, 15) is 13.2 Å². The maximum absolute atomic E-state index is 12.6. The Morgan fingerprint density at radius 3 is 2.45 bits per heavy atom. The van der Waals surface area contributed by atoms with E-state index in [2.05, 4.69) is 0 Å². The zero-order chi connectivity index (χ0) is 14.8. The minimum atomic E-state index is -4.45. The fraction of sp³-hybridized carbons (Fsp3) is 0.0714. The lowest BCUT2D eigenvalue weighted by atomic mass is 10.2. The molecule has 0 amide bonds. The molecule has 0 atom stereocenters. The van der Waals surface area contributed by atoms with Crippen LogP contribution in [-0.4, -0.2) is 0 Å². The summed E-state index contributed by atoms with van der Waals surface area (Å²) in [6.07, 6.45) is -4.45. The van der Waals surface area contributed by atoms with E-state index < -0.39 is 11.7 Å². The van der Waals surface area contributed by atoms with E-state index in [-0.39, 0.29) is 22.1 Å². The number of hydrogen-bond acceptors (Lipinski definition) is 2. The molecular weight excluding hydrogens is 291 g/mol. The normalized spacial score (nSPS) is 10.9. The maximum atomic E-state index is 12.6. The van der Waals surface area contributed by atoms with Gasteiger partial charge >= 0.3 is 6.18 Å². The molecule has 0 aliphatic rings. The smallest absolute Gasteiger partial charge is 0.416 e. The number of hydrogen-bond donors (Lipinski definition) is 0. The third kappa shape index (κ3) is 3.03.